The molecule has 2 heterocycles. The van der Waals surface area contributed by atoms with Gasteiger partial charge in [0.15, 0.2) is 5.96 Å². The van der Waals surface area contributed by atoms with Crippen molar-refractivity contribution in [1.29, 1.82) is 0 Å². The van der Waals surface area contributed by atoms with Crippen molar-refractivity contribution < 1.29 is 4.79 Å². The van der Waals surface area contributed by atoms with Gasteiger partial charge < -0.3 is 20.0 Å². The summed E-state index contributed by atoms with van der Waals surface area (Å²) in [4.78, 5) is 31.6. The number of guanidine groups is 1. The molecule has 0 unspecified atom stereocenters. The Labute approximate surface area is 197 Å². The van der Waals surface area contributed by atoms with Crippen LogP contribution in [0, 0.1) is 0 Å². The number of unbranched alkanes of at least 4 members (excludes halogenated alkanes) is 3. The Morgan fingerprint density at radius 2 is 1.93 bits per heavy atom. The van der Waals surface area contributed by atoms with Crippen molar-refractivity contribution in [3.05, 3.63) is 31.1 Å². The summed E-state index contributed by atoms with van der Waals surface area (Å²) in [5.41, 5.74) is 0. The molecular formula is C21H36IN7O. The van der Waals surface area contributed by atoms with E-state index in [1.165, 1.54) is 12.8 Å². The predicted molar refractivity (Wildman–Crippen MR) is 134 cm³/mol. The number of hydrogen-bond donors (Lipinski definition) is 1. The molecule has 1 aliphatic rings. The Morgan fingerprint density at radius 1 is 1.23 bits per heavy atom. The first-order valence-corrected chi connectivity index (χ1v) is 10.5. The number of carbonyl (C=O) groups is 1. The van der Waals surface area contributed by atoms with Crippen molar-refractivity contribution in [2.45, 2.75) is 32.1 Å². The lowest BCUT2D eigenvalue weighted by molar-refractivity contribution is -0.131. The van der Waals surface area contributed by atoms with Gasteiger partial charge in [-0.3, -0.25) is 9.79 Å². The molecule has 0 aromatic carbocycles. The van der Waals surface area contributed by atoms with Crippen molar-refractivity contribution in [1.82, 2.24) is 25.1 Å². The molecule has 30 heavy (non-hydrogen) atoms. The Bertz CT molecular complexity index is 648. The molecule has 1 amide bonds. The lowest BCUT2D eigenvalue weighted by Gasteiger charge is -2.34. The third-order valence-corrected chi connectivity index (χ3v) is 5.06. The van der Waals surface area contributed by atoms with E-state index in [4.69, 9.17) is 0 Å². The van der Waals surface area contributed by atoms with E-state index in [2.05, 4.69) is 36.7 Å². The standard InChI is InChI=1S/C21H35N7O.HI/c1-4-5-6-7-8-14-26(3)20(22-2)25-13-10-19(29)27-15-17-28(18-16-27)21-23-11-9-12-24-21;/h4,9,11-12H,1,5-8,10,13-18H2,2-3H3,(H,22,25);1H. The van der Waals surface area contributed by atoms with Crippen LogP contribution < -0.4 is 10.2 Å². The second kappa shape index (κ2) is 15.0. The summed E-state index contributed by atoms with van der Waals surface area (Å²) < 4.78 is 0. The Morgan fingerprint density at radius 3 is 2.57 bits per heavy atom. The molecule has 0 atom stereocenters. The SMILES string of the molecule is C=CCCCCCN(C)C(=NC)NCCC(=O)N1CCN(c2ncccn2)CC1.I. The molecule has 1 aromatic rings. The zero-order chi connectivity index (χ0) is 20.9. The van der Waals surface area contributed by atoms with Crippen molar-refractivity contribution >= 4 is 41.8 Å². The molecule has 1 N–H and O–H groups in total. The number of amides is 1. The molecule has 9 heteroatoms. The Kier molecular flexibility index (Phi) is 13.0. The van der Waals surface area contributed by atoms with E-state index >= 15 is 0 Å². The highest BCUT2D eigenvalue weighted by atomic mass is 127. The van der Waals surface area contributed by atoms with Gasteiger partial charge in [-0.1, -0.05) is 12.5 Å². The van der Waals surface area contributed by atoms with Gasteiger partial charge in [-0.05, 0) is 25.3 Å². The number of hydrogen-bond acceptors (Lipinski definition) is 5. The number of allylic oxidation sites excluding steroid dienone is 1. The molecule has 1 aliphatic heterocycles. The fourth-order valence-electron chi connectivity index (χ4n) is 3.35. The molecule has 0 bridgehead atoms. The van der Waals surface area contributed by atoms with Gasteiger partial charge in [0.1, 0.15) is 0 Å². The first-order chi connectivity index (χ1) is 14.2. The minimum absolute atomic E-state index is 0. The van der Waals surface area contributed by atoms with Crippen LogP contribution in [0.15, 0.2) is 36.1 Å². The molecule has 1 fully saturated rings. The average Bonchev–Trinajstić information content (AvgIpc) is 2.77. The van der Waals surface area contributed by atoms with Gasteiger partial charge in [-0.15, -0.1) is 30.6 Å². The molecule has 0 spiro atoms. The normalized spacial score (nSPS) is 14.1. The molecular weight excluding hydrogens is 493 g/mol. The maximum Gasteiger partial charge on any atom is 0.225 e. The predicted octanol–water partition coefficient (Wildman–Crippen LogP) is 2.39. The van der Waals surface area contributed by atoms with Crippen LogP contribution in [0.5, 0.6) is 0 Å². The van der Waals surface area contributed by atoms with Crippen molar-refractivity contribution in [3.63, 3.8) is 0 Å². The molecule has 8 nitrogen and oxygen atoms in total. The van der Waals surface area contributed by atoms with Gasteiger partial charge in [0.25, 0.3) is 0 Å². The highest BCUT2D eigenvalue weighted by molar-refractivity contribution is 14.0. The van der Waals surface area contributed by atoms with Gasteiger partial charge >= 0.3 is 0 Å². The summed E-state index contributed by atoms with van der Waals surface area (Å²) in [7, 11) is 3.82. The van der Waals surface area contributed by atoms with E-state index in [0.717, 1.165) is 44.4 Å². The maximum absolute atomic E-state index is 12.5. The van der Waals surface area contributed by atoms with Crippen LogP contribution in [-0.2, 0) is 4.79 Å². The third-order valence-electron chi connectivity index (χ3n) is 5.06. The van der Waals surface area contributed by atoms with Gasteiger partial charge in [-0.2, -0.15) is 0 Å². The van der Waals surface area contributed by atoms with Crippen LogP contribution in [0.4, 0.5) is 5.95 Å². The second-order valence-electron chi connectivity index (χ2n) is 7.20. The molecule has 1 aromatic heterocycles. The number of aliphatic imine (C=N–C) groups is 1. The first-order valence-electron chi connectivity index (χ1n) is 10.5. The molecule has 0 radical (unpaired) electrons. The van der Waals surface area contributed by atoms with E-state index in [1.807, 2.05) is 24.1 Å². The summed E-state index contributed by atoms with van der Waals surface area (Å²) >= 11 is 0. The Balaban J connectivity index is 0.00000450. The van der Waals surface area contributed by atoms with E-state index in [0.29, 0.717) is 26.1 Å². The van der Waals surface area contributed by atoms with Crippen molar-refractivity contribution in [2.75, 3.05) is 58.3 Å². The van der Waals surface area contributed by atoms with Crippen LogP contribution in [0.1, 0.15) is 32.1 Å². The number of nitrogens with zero attached hydrogens (tertiary/aromatic N) is 6. The monoisotopic (exact) mass is 529 g/mol. The highest BCUT2D eigenvalue weighted by Crippen LogP contribution is 2.10. The molecule has 168 valence electrons. The van der Waals surface area contributed by atoms with Crippen molar-refractivity contribution in [2.24, 2.45) is 4.99 Å². The zero-order valence-electron chi connectivity index (χ0n) is 18.3. The summed E-state index contributed by atoms with van der Waals surface area (Å²) in [6.45, 7) is 8.24. The zero-order valence-corrected chi connectivity index (χ0v) is 20.6. The minimum atomic E-state index is 0. The van der Waals surface area contributed by atoms with Crippen LogP contribution in [0.3, 0.4) is 0 Å². The number of halogens is 1. The molecule has 2 rings (SSSR count). The fraction of sp³-hybridized carbons (Fsp3) is 0.619. The van der Waals surface area contributed by atoms with Crippen LogP contribution >= 0.6 is 24.0 Å². The van der Waals surface area contributed by atoms with Gasteiger partial charge in [0, 0.05) is 72.2 Å². The summed E-state index contributed by atoms with van der Waals surface area (Å²) in [5, 5.41) is 3.31. The van der Waals surface area contributed by atoms with Gasteiger partial charge in [-0.25, -0.2) is 9.97 Å². The van der Waals surface area contributed by atoms with Gasteiger partial charge in [0.2, 0.25) is 11.9 Å². The fourth-order valence-corrected chi connectivity index (χ4v) is 3.35. The summed E-state index contributed by atoms with van der Waals surface area (Å²) in [6, 6.07) is 1.81. The smallest absolute Gasteiger partial charge is 0.225 e. The Hall–Kier alpha value is -1.91. The van der Waals surface area contributed by atoms with Crippen molar-refractivity contribution in [3.8, 4) is 0 Å². The minimum Gasteiger partial charge on any atom is -0.356 e. The average molecular weight is 529 g/mol. The molecule has 0 aliphatic carbocycles. The van der Waals surface area contributed by atoms with E-state index in [-0.39, 0.29) is 29.9 Å². The number of rotatable bonds is 10. The number of carbonyl (C=O) groups excluding carboxylic acids is 1. The number of aromatic nitrogens is 2. The number of anilines is 1. The summed E-state index contributed by atoms with van der Waals surface area (Å²) in [5.74, 6) is 1.75. The lowest BCUT2D eigenvalue weighted by Crippen LogP contribution is -2.50. The van der Waals surface area contributed by atoms with E-state index in [1.54, 1.807) is 19.4 Å². The quantitative estimate of drug-likeness (QED) is 0.165. The molecule has 0 saturated carbocycles. The highest BCUT2D eigenvalue weighted by Gasteiger charge is 2.22. The summed E-state index contributed by atoms with van der Waals surface area (Å²) in [6.07, 6.45) is 10.5. The first kappa shape index (κ1) is 26.1. The number of nitrogens with one attached hydrogen (secondary N) is 1. The topological polar surface area (TPSA) is 77.0 Å². The van der Waals surface area contributed by atoms with E-state index < -0.39 is 0 Å². The van der Waals surface area contributed by atoms with E-state index in [9.17, 15) is 4.79 Å². The van der Waals surface area contributed by atoms with Crippen LogP contribution in [0.25, 0.3) is 0 Å². The number of piperazine rings is 1. The van der Waals surface area contributed by atoms with Crippen LogP contribution in [0.2, 0.25) is 0 Å². The maximum atomic E-state index is 12.5. The largest absolute Gasteiger partial charge is 0.356 e. The lowest BCUT2D eigenvalue weighted by atomic mass is 10.2. The molecule has 1 saturated heterocycles. The van der Waals surface area contributed by atoms with Gasteiger partial charge in [0.05, 0.1) is 0 Å². The van der Waals surface area contributed by atoms with Crippen LogP contribution in [-0.4, -0.2) is 85.0 Å². The second-order valence-corrected chi connectivity index (χ2v) is 7.20. The third kappa shape index (κ3) is 8.85.